The Balaban J connectivity index is 4.17. The van der Waals surface area contributed by atoms with Crippen LogP contribution in [0, 0.1) is 0 Å². The lowest BCUT2D eigenvalue weighted by atomic mass is 10.1. The summed E-state index contributed by atoms with van der Waals surface area (Å²) in [5.74, 6) is -0.913. The zero-order valence-electron chi connectivity index (χ0n) is 20.5. The van der Waals surface area contributed by atoms with Crippen LogP contribution < -0.4 is 0 Å². The van der Waals surface area contributed by atoms with E-state index in [1.807, 2.05) is 0 Å². The van der Waals surface area contributed by atoms with Gasteiger partial charge in [0.15, 0.2) is 6.10 Å². The summed E-state index contributed by atoms with van der Waals surface area (Å²) in [6.07, 6.45) is 17.0. The van der Waals surface area contributed by atoms with Crippen molar-refractivity contribution < 1.29 is 37.9 Å². The van der Waals surface area contributed by atoms with Crippen molar-refractivity contribution in [3.05, 3.63) is 12.2 Å². The standard InChI is InChI=1S/C24H45O8P/c1-3-5-7-9-11-12-13-15-17-19-24(26)32-22(21-31-33(27,28)29)20-30-23(25)18-16-14-10-8-6-4-2/h5,7,22H,3-4,6,8-21H2,1-2H3,(H2,27,28,29)/b7-5+/t22-/m1/s1. The molecule has 0 heterocycles. The van der Waals surface area contributed by atoms with Crippen LogP contribution in [-0.4, -0.2) is 41.0 Å². The first-order valence-electron chi connectivity index (χ1n) is 12.5. The molecule has 0 fully saturated rings. The molecule has 0 saturated heterocycles. The smallest absolute Gasteiger partial charge is 0.462 e. The van der Waals surface area contributed by atoms with Gasteiger partial charge in [-0.1, -0.05) is 77.4 Å². The third-order valence-electron chi connectivity index (χ3n) is 5.05. The summed E-state index contributed by atoms with van der Waals surface area (Å²) in [5, 5.41) is 0. The van der Waals surface area contributed by atoms with Crippen molar-refractivity contribution in [2.45, 2.75) is 116 Å². The first kappa shape index (κ1) is 31.8. The van der Waals surface area contributed by atoms with Gasteiger partial charge in [-0.3, -0.25) is 14.1 Å². The van der Waals surface area contributed by atoms with Gasteiger partial charge in [-0.25, -0.2) is 4.57 Å². The fraction of sp³-hybridized carbons (Fsp3) is 0.833. The molecule has 8 nitrogen and oxygen atoms in total. The lowest BCUT2D eigenvalue weighted by Gasteiger charge is -2.18. The van der Waals surface area contributed by atoms with E-state index in [4.69, 9.17) is 19.3 Å². The maximum atomic E-state index is 12.1. The van der Waals surface area contributed by atoms with Gasteiger partial charge in [-0.2, -0.15) is 0 Å². The van der Waals surface area contributed by atoms with Gasteiger partial charge in [0.05, 0.1) is 6.61 Å². The van der Waals surface area contributed by atoms with Gasteiger partial charge in [-0.15, -0.1) is 0 Å². The molecule has 194 valence electrons. The van der Waals surface area contributed by atoms with Gasteiger partial charge >= 0.3 is 19.8 Å². The number of phosphoric acid groups is 1. The second-order valence-electron chi connectivity index (χ2n) is 8.29. The number of allylic oxidation sites excluding steroid dienone is 2. The highest BCUT2D eigenvalue weighted by Gasteiger charge is 2.22. The molecule has 0 aliphatic rings. The van der Waals surface area contributed by atoms with E-state index >= 15 is 0 Å². The number of ether oxygens (including phenoxy) is 2. The second-order valence-corrected chi connectivity index (χ2v) is 9.52. The van der Waals surface area contributed by atoms with Crippen molar-refractivity contribution in [3.8, 4) is 0 Å². The molecule has 0 aromatic heterocycles. The first-order valence-corrected chi connectivity index (χ1v) is 14.0. The van der Waals surface area contributed by atoms with E-state index in [9.17, 15) is 14.2 Å². The number of carbonyl (C=O) groups is 2. The Hall–Kier alpha value is -1.21. The maximum Gasteiger partial charge on any atom is 0.469 e. The number of phosphoric ester groups is 1. The van der Waals surface area contributed by atoms with Crippen molar-refractivity contribution in [3.63, 3.8) is 0 Å². The Kier molecular flexibility index (Phi) is 20.5. The molecule has 0 aliphatic carbocycles. The molecule has 0 aromatic rings. The average Bonchev–Trinajstić information content (AvgIpc) is 2.76. The molecule has 0 unspecified atom stereocenters. The van der Waals surface area contributed by atoms with E-state index in [1.165, 1.54) is 6.42 Å². The summed E-state index contributed by atoms with van der Waals surface area (Å²) >= 11 is 0. The van der Waals surface area contributed by atoms with E-state index in [0.29, 0.717) is 6.42 Å². The van der Waals surface area contributed by atoms with E-state index < -0.39 is 32.5 Å². The highest BCUT2D eigenvalue weighted by atomic mass is 31.2. The van der Waals surface area contributed by atoms with Gasteiger partial charge in [-0.05, 0) is 32.1 Å². The van der Waals surface area contributed by atoms with E-state index in [1.54, 1.807) is 0 Å². The average molecular weight is 493 g/mol. The van der Waals surface area contributed by atoms with Gasteiger partial charge in [0.2, 0.25) is 0 Å². The van der Waals surface area contributed by atoms with Crippen molar-refractivity contribution >= 4 is 19.8 Å². The summed E-state index contributed by atoms with van der Waals surface area (Å²) in [6, 6.07) is 0. The Morgan fingerprint density at radius 1 is 0.788 bits per heavy atom. The number of hydrogen-bond donors (Lipinski definition) is 2. The van der Waals surface area contributed by atoms with E-state index in [-0.39, 0.29) is 19.4 Å². The highest BCUT2D eigenvalue weighted by Crippen LogP contribution is 2.35. The lowest BCUT2D eigenvalue weighted by Crippen LogP contribution is -2.29. The van der Waals surface area contributed by atoms with Crippen LogP contribution in [-0.2, 0) is 28.2 Å². The van der Waals surface area contributed by atoms with Crippen molar-refractivity contribution in [1.29, 1.82) is 0 Å². The highest BCUT2D eigenvalue weighted by molar-refractivity contribution is 7.46. The van der Waals surface area contributed by atoms with Crippen molar-refractivity contribution in [1.82, 2.24) is 0 Å². The zero-order chi connectivity index (χ0) is 24.8. The molecule has 0 aromatic carbocycles. The Bertz CT molecular complexity index is 573. The molecule has 1 atom stereocenters. The number of rotatable bonds is 22. The molecule has 0 aliphatic heterocycles. The maximum absolute atomic E-state index is 12.1. The SMILES string of the molecule is CC/C=C/CCCCCCCC(=O)O[C@H](COC(=O)CCCCCCCC)COP(=O)(O)O. The van der Waals surface area contributed by atoms with Gasteiger partial charge in [0.25, 0.3) is 0 Å². The van der Waals surface area contributed by atoms with Crippen LogP contribution in [0.4, 0.5) is 0 Å². The lowest BCUT2D eigenvalue weighted by molar-refractivity contribution is -0.161. The van der Waals surface area contributed by atoms with Crippen LogP contribution in [0.3, 0.4) is 0 Å². The zero-order valence-corrected chi connectivity index (χ0v) is 21.4. The Morgan fingerprint density at radius 2 is 1.36 bits per heavy atom. The molecule has 9 heteroatoms. The third-order valence-corrected chi connectivity index (χ3v) is 5.53. The molecule has 33 heavy (non-hydrogen) atoms. The summed E-state index contributed by atoms with van der Waals surface area (Å²) in [5.41, 5.74) is 0. The van der Waals surface area contributed by atoms with Gasteiger partial charge < -0.3 is 19.3 Å². The number of unbranched alkanes of at least 4 members (excludes halogenated alkanes) is 10. The van der Waals surface area contributed by atoms with Crippen LogP contribution in [0.25, 0.3) is 0 Å². The predicted octanol–water partition coefficient (Wildman–Crippen LogP) is 6.00. The normalized spacial score (nSPS) is 12.7. The molecule has 0 rings (SSSR count). The van der Waals surface area contributed by atoms with Gasteiger partial charge in [0, 0.05) is 12.8 Å². The monoisotopic (exact) mass is 492 g/mol. The quantitative estimate of drug-likeness (QED) is 0.0817. The summed E-state index contributed by atoms with van der Waals surface area (Å²) in [4.78, 5) is 41.8. The number of hydrogen-bond acceptors (Lipinski definition) is 6. The van der Waals surface area contributed by atoms with E-state index in [2.05, 4.69) is 30.5 Å². The minimum absolute atomic E-state index is 0.202. The third kappa shape index (κ3) is 23.7. The van der Waals surface area contributed by atoms with Crippen LogP contribution in [0.1, 0.15) is 110 Å². The Morgan fingerprint density at radius 3 is 1.97 bits per heavy atom. The number of carbonyl (C=O) groups excluding carboxylic acids is 2. The molecular weight excluding hydrogens is 447 g/mol. The van der Waals surface area contributed by atoms with Crippen LogP contribution in [0.2, 0.25) is 0 Å². The first-order chi connectivity index (χ1) is 15.8. The fourth-order valence-corrected chi connectivity index (χ4v) is 3.56. The second kappa shape index (κ2) is 21.3. The topological polar surface area (TPSA) is 119 Å². The summed E-state index contributed by atoms with van der Waals surface area (Å²) in [7, 11) is -4.72. The van der Waals surface area contributed by atoms with Crippen LogP contribution in [0.15, 0.2) is 12.2 Å². The minimum atomic E-state index is -4.72. The summed E-state index contributed by atoms with van der Waals surface area (Å²) in [6.45, 7) is 3.43. The van der Waals surface area contributed by atoms with Crippen LogP contribution >= 0.6 is 7.82 Å². The molecule has 0 bridgehead atoms. The summed E-state index contributed by atoms with van der Waals surface area (Å²) < 4.78 is 25.8. The molecule has 0 spiro atoms. The number of esters is 2. The van der Waals surface area contributed by atoms with E-state index in [0.717, 1.165) is 70.6 Å². The predicted molar refractivity (Wildman–Crippen MR) is 129 cm³/mol. The molecule has 0 amide bonds. The van der Waals surface area contributed by atoms with Crippen LogP contribution in [0.5, 0.6) is 0 Å². The van der Waals surface area contributed by atoms with Crippen molar-refractivity contribution in [2.75, 3.05) is 13.2 Å². The van der Waals surface area contributed by atoms with Crippen molar-refractivity contribution in [2.24, 2.45) is 0 Å². The van der Waals surface area contributed by atoms with Gasteiger partial charge in [0.1, 0.15) is 6.61 Å². The molecule has 0 saturated carbocycles. The molecule has 0 radical (unpaired) electrons. The molecule has 2 N–H and O–H groups in total. The molecular formula is C24H45O8P. The largest absolute Gasteiger partial charge is 0.469 e. The fourth-order valence-electron chi connectivity index (χ4n) is 3.20. The minimum Gasteiger partial charge on any atom is -0.462 e. The Labute approximate surface area is 199 Å².